The number of carbonyl (C=O) groups excluding carboxylic acids is 1. The molecule has 0 aliphatic carbocycles. The van der Waals surface area contributed by atoms with Crippen molar-refractivity contribution < 1.29 is 23.6 Å². The molecule has 21 heavy (non-hydrogen) atoms. The summed E-state index contributed by atoms with van der Waals surface area (Å²) in [5.74, 6) is -1.15. The highest BCUT2D eigenvalue weighted by atomic mass is 19.1. The van der Waals surface area contributed by atoms with Crippen molar-refractivity contribution in [2.45, 2.75) is 0 Å². The minimum absolute atomic E-state index is 0.217. The summed E-state index contributed by atoms with van der Waals surface area (Å²) in [6.07, 6.45) is 0. The number of hydrogen-bond acceptors (Lipinski definition) is 5. The second-order valence-electron chi connectivity index (χ2n) is 3.99. The van der Waals surface area contributed by atoms with Gasteiger partial charge in [-0.2, -0.15) is 0 Å². The molecule has 0 aromatic heterocycles. The molecule has 0 spiro atoms. The van der Waals surface area contributed by atoms with Gasteiger partial charge in [0.15, 0.2) is 0 Å². The number of hydrogen-bond donors (Lipinski definition) is 0. The van der Waals surface area contributed by atoms with Crippen molar-refractivity contribution in [2.75, 3.05) is 7.11 Å². The van der Waals surface area contributed by atoms with E-state index < -0.39 is 16.7 Å². The van der Waals surface area contributed by atoms with E-state index in [0.717, 1.165) is 18.2 Å². The Bertz CT molecular complexity index is 684. The number of esters is 1. The van der Waals surface area contributed by atoms with Gasteiger partial charge in [-0.1, -0.05) is 0 Å². The van der Waals surface area contributed by atoms with E-state index in [4.69, 9.17) is 4.74 Å². The molecule has 0 saturated heterocycles. The molecule has 2 aromatic carbocycles. The first kappa shape index (κ1) is 14.4. The Morgan fingerprint density at radius 1 is 1.19 bits per heavy atom. The van der Waals surface area contributed by atoms with Gasteiger partial charge < -0.3 is 9.47 Å². The van der Waals surface area contributed by atoms with Gasteiger partial charge in [0, 0.05) is 12.1 Å². The van der Waals surface area contributed by atoms with Crippen LogP contribution in [0.5, 0.6) is 11.5 Å². The lowest BCUT2D eigenvalue weighted by atomic mass is 10.2. The van der Waals surface area contributed by atoms with Crippen LogP contribution < -0.4 is 4.74 Å². The Hall–Kier alpha value is -2.96. The van der Waals surface area contributed by atoms with Crippen LogP contribution >= 0.6 is 0 Å². The molecule has 0 bridgehead atoms. The van der Waals surface area contributed by atoms with Crippen molar-refractivity contribution in [3.8, 4) is 11.5 Å². The molecule has 0 aliphatic heterocycles. The van der Waals surface area contributed by atoms with Gasteiger partial charge >= 0.3 is 11.7 Å². The first-order chi connectivity index (χ1) is 10.0. The van der Waals surface area contributed by atoms with Gasteiger partial charge in [0.1, 0.15) is 11.6 Å². The summed E-state index contributed by atoms with van der Waals surface area (Å²) < 4.78 is 23.0. The van der Waals surface area contributed by atoms with Crippen LogP contribution in [0, 0.1) is 15.9 Å². The highest BCUT2D eigenvalue weighted by Crippen LogP contribution is 2.31. The quantitative estimate of drug-likeness (QED) is 0.490. The van der Waals surface area contributed by atoms with Crippen LogP contribution in [0.25, 0.3) is 0 Å². The molecule has 6 nitrogen and oxygen atoms in total. The van der Waals surface area contributed by atoms with Crippen LogP contribution in [0.4, 0.5) is 10.1 Å². The summed E-state index contributed by atoms with van der Waals surface area (Å²) in [6.45, 7) is 0. The molecular formula is C14H10FNO5. The number of methoxy groups -OCH3 is 1. The zero-order valence-corrected chi connectivity index (χ0v) is 10.9. The predicted octanol–water partition coefficient (Wildman–Crippen LogP) is 3.31. The first-order valence-corrected chi connectivity index (χ1v) is 5.81. The summed E-state index contributed by atoms with van der Waals surface area (Å²) in [5, 5.41) is 10.8. The number of rotatable bonds is 4. The minimum atomic E-state index is -0.669. The van der Waals surface area contributed by atoms with Crippen molar-refractivity contribution in [3.05, 3.63) is 64.0 Å². The van der Waals surface area contributed by atoms with Crippen molar-refractivity contribution in [1.82, 2.24) is 0 Å². The van der Waals surface area contributed by atoms with E-state index in [1.54, 1.807) is 0 Å². The predicted molar refractivity (Wildman–Crippen MR) is 70.9 cm³/mol. The lowest BCUT2D eigenvalue weighted by Crippen LogP contribution is -2.00. The molecule has 0 N–H and O–H groups in total. The lowest BCUT2D eigenvalue weighted by molar-refractivity contribution is -0.385. The smallest absolute Gasteiger partial charge is 0.337 e. The van der Waals surface area contributed by atoms with Gasteiger partial charge in [0.05, 0.1) is 17.6 Å². The highest BCUT2D eigenvalue weighted by Gasteiger charge is 2.17. The second kappa shape index (κ2) is 6.00. The first-order valence-electron chi connectivity index (χ1n) is 5.81. The third kappa shape index (κ3) is 3.33. The molecule has 0 radical (unpaired) electrons. The van der Waals surface area contributed by atoms with Crippen LogP contribution in [0.1, 0.15) is 10.4 Å². The second-order valence-corrected chi connectivity index (χ2v) is 3.99. The Morgan fingerprint density at radius 2 is 1.86 bits per heavy atom. The fourth-order valence-electron chi connectivity index (χ4n) is 1.62. The SMILES string of the molecule is COC(=O)c1ccc(Oc2cc(F)ccc2[N+](=O)[O-])cc1. The Labute approximate surface area is 118 Å². The number of benzene rings is 2. The summed E-state index contributed by atoms with van der Waals surface area (Å²) in [6, 6.07) is 8.66. The highest BCUT2D eigenvalue weighted by molar-refractivity contribution is 5.89. The van der Waals surface area contributed by atoms with Crippen LogP contribution in [0.3, 0.4) is 0 Å². The molecule has 0 fully saturated rings. The fraction of sp³-hybridized carbons (Fsp3) is 0.0714. The summed E-state index contributed by atoms with van der Waals surface area (Å²) in [4.78, 5) is 21.4. The average molecular weight is 291 g/mol. The lowest BCUT2D eigenvalue weighted by Gasteiger charge is -2.07. The van der Waals surface area contributed by atoms with Crippen molar-refractivity contribution in [1.29, 1.82) is 0 Å². The Kier molecular flexibility index (Phi) is 4.13. The number of nitrogens with zero attached hydrogens (tertiary/aromatic N) is 1. The zero-order valence-electron chi connectivity index (χ0n) is 10.9. The van der Waals surface area contributed by atoms with E-state index in [1.165, 1.54) is 31.4 Å². The van der Waals surface area contributed by atoms with Gasteiger partial charge in [-0.15, -0.1) is 0 Å². The number of carbonyl (C=O) groups is 1. The summed E-state index contributed by atoms with van der Waals surface area (Å²) in [7, 11) is 1.25. The maximum Gasteiger partial charge on any atom is 0.337 e. The van der Waals surface area contributed by atoms with Gasteiger partial charge in [-0.3, -0.25) is 10.1 Å². The van der Waals surface area contributed by atoms with Crippen LogP contribution in [0.15, 0.2) is 42.5 Å². The van der Waals surface area contributed by atoms with E-state index in [9.17, 15) is 19.3 Å². The third-order valence-electron chi connectivity index (χ3n) is 2.62. The largest absolute Gasteiger partial charge is 0.465 e. The topological polar surface area (TPSA) is 78.7 Å². The molecule has 0 heterocycles. The maximum absolute atomic E-state index is 13.2. The van der Waals surface area contributed by atoms with E-state index in [-0.39, 0.29) is 17.2 Å². The Morgan fingerprint density at radius 3 is 2.43 bits per heavy atom. The van der Waals surface area contributed by atoms with Crippen LogP contribution in [-0.4, -0.2) is 18.0 Å². The molecule has 0 amide bonds. The Balaban J connectivity index is 2.28. The standard InChI is InChI=1S/C14H10FNO5/c1-20-14(17)9-2-5-11(6-3-9)21-13-8-10(15)4-7-12(13)16(18)19/h2-8H,1H3. The normalized spacial score (nSPS) is 10.0. The van der Waals surface area contributed by atoms with Crippen LogP contribution in [-0.2, 0) is 4.74 Å². The van der Waals surface area contributed by atoms with E-state index in [2.05, 4.69) is 4.74 Å². The van der Waals surface area contributed by atoms with Gasteiger partial charge in [-0.05, 0) is 30.3 Å². The summed E-state index contributed by atoms with van der Waals surface area (Å²) >= 11 is 0. The fourth-order valence-corrected chi connectivity index (χ4v) is 1.62. The maximum atomic E-state index is 13.2. The summed E-state index contributed by atoms with van der Waals surface area (Å²) in [5.41, 5.74) is -0.0490. The number of halogens is 1. The molecule has 2 aromatic rings. The molecular weight excluding hydrogens is 281 g/mol. The van der Waals surface area contributed by atoms with Crippen molar-refractivity contribution in [2.24, 2.45) is 0 Å². The molecule has 108 valence electrons. The average Bonchev–Trinajstić information content (AvgIpc) is 2.47. The molecule has 0 saturated carbocycles. The van der Waals surface area contributed by atoms with E-state index in [0.29, 0.717) is 5.56 Å². The van der Waals surface area contributed by atoms with Gasteiger partial charge in [0.2, 0.25) is 5.75 Å². The van der Waals surface area contributed by atoms with Gasteiger partial charge in [-0.25, -0.2) is 9.18 Å². The molecule has 7 heteroatoms. The number of nitro benzene ring substituents is 1. The van der Waals surface area contributed by atoms with E-state index in [1.807, 2.05) is 0 Å². The number of nitro groups is 1. The molecule has 0 aliphatic rings. The molecule has 0 atom stereocenters. The zero-order chi connectivity index (χ0) is 15.4. The minimum Gasteiger partial charge on any atom is -0.465 e. The number of ether oxygens (including phenoxy) is 2. The van der Waals surface area contributed by atoms with Gasteiger partial charge in [0.25, 0.3) is 0 Å². The van der Waals surface area contributed by atoms with Crippen molar-refractivity contribution in [3.63, 3.8) is 0 Å². The van der Waals surface area contributed by atoms with Crippen LogP contribution in [0.2, 0.25) is 0 Å². The monoisotopic (exact) mass is 291 g/mol. The van der Waals surface area contributed by atoms with E-state index >= 15 is 0 Å². The molecule has 2 rings (SSSR count). The third-order valence-corrected chi connectivity index (χ3v) is 2.62. The van der Waals surface area contributed by atoms with Crippen molar-refractivity contribution >= 4 is 11.7 Å². The molecule has 0 unspecified atom stereocenters.